The van der Waals surface area contributed by atoms with Gasteiger partial charge in [-0.3, -0.25) is 9.59 Å². The minimum absolute atomic E-state index is 0.0643. The van der Waals surface area contributed by atoms with Crippen molar-refractivity contribution in [2.24, 2.45) is 0 Å². The molecule has 3 atom stereocenters. The second-order valence-electron chi connectivity index (χ2n) is 10.8. The average molecular weight is 715 g/mol. The van der Waals surface area contributed by atoms with Crippen LogP contribution in [0.1, 0.15) is 12.1 Å². The van der Waals surface area contributed by atoms with Crippen LogP contribution in [0.15, 0.2) is 30.5 Å². The lowest BCUT2D eigenvalue weighted by molar-refractivity contribution is -0.450. The van der Waals surface area contributed by atoms with Crippen LogP contribution < -0.4 is 4.90 Å². The highest BCUT2D eigenvalue weighted by Gasteiger charge is 2.94. The van der Waals surface area contributed by atoms with Crippen LogP contribution >= 0.6 is 0 Å². The molecule has 5 rings (SSSR count). The summed E-state index contributed by atoms with van der Waals surface area (Å²) in [5, 5.41) is 9.47. The molecule has 0 aliphatic carbocycles. The Morgan fingerprint density at radius 3 is 1.85 bits per heavy atom. The topological polar surface area (TPSA) is 97.6 Å². The summed E-state index contributed by atoms with van der Waals surface area (Å²) in [7, 11) is 0. The number of carbonyl (C=O) groups excluding carboxylic acids is 3. The number of rotatable bonds is 7. The van der Waals surface area contributed by atoms with Crippen molar-refractivity contribution in [2.45, 2.75) is 66.3 Å². The number of hydrogen-bond acceptors (Lipinski definition) is 5. The van der Waals surface area contributed by atoms with Crippen LogP contribution in [0.5, 0.6) is 0 Å². The zero-order valence-corrected chi connectivity index (χ0v) is 22.7. The highest BCUT2D eigenvalue weighted by atomic mass is 19.4. The predicted octanol–water partition coefficient (Wildman–Crippen LogP) is 5.60. The highest BCUT2D eigenvalue weighted by Crippen LogP contribution is 2.62. The van der Waals surface area contributed by atoms with Crippen LogP contribution in [0.2, 0.25) is 0 Å². The number of amides is 4. The number of hydrogen-bond donors (Lipinski definition) is 0. The molecule has 0 saturated carbocycles. The number of pyridine rings is 1. The van der Waals surface area contributed by atoms with Gasteiger partial charge in [-0.05, 0) is 6.42 Å². The van der Waals surface area contributed by atoms with Crippen LogP contribution in [0, 0.1) is 11.3 Å². The number of fused-ring (bicyclic) bond motifs is 6. The van der Waals surface area contributed by atoms with Crippen molar-refractivity contribution in [3.8, 4) is 6.07 Å². The van der Waals surface area contributed by atoms with Crippen LogP contribution in [-0.4, -0.2) is 99.0 Å². The molecule has 0 spiro atoms. The summed E-state index contributed by atoms with van der Waals surface area (Å²) < 4.78 is 205. The molecule has 3 saturated heterocycles. The summed E-state index contributed by atoms with van der Waals surface area (Å²) in [5.41, 5.74) is -0.460. The van der Waals surface area contributed by atoms with Crippen LogP contribution in [0.25, 0.3) is 10.8 Å². The number of imide groups is 1. The smallest absolute Gasteiger partial charge is 0.330 e. The van der Waals surface area contributed by atoms with E-state index in [0.717, 1.165) is 6.20 Å². The summed E-state index contributed by atoms with van der Waals surface area (Å²) in [6, 6.07) is 0.546. The number of halogens is 15. The Kier molecular flexibility index (Phi) is 7.25. The third kappa shape index (κ3) is 4.05. The molecule has 260 valence electrons. The summed E-state index contributed by atoms with van der Waals surface area (Å²) >= 11 is 0. The van der Waals surface area contributed by atoms with Crippen LogP contribution in [0.3, 0.4) is 0 Å². The molecule has 3 aliphatic heterocycles. The van der Waals surface area contributed by atoms with Crippen molar-refractivity contribution in [1.29, 1.82) is 5.26 Å². The van der Waals surface area contributed by atoms with Gasteiger partial charge in [-0.25, -0.2) is 14.7 Å². The lowest BCUT2D eigenvalue weighted by atomic mass is 9.90. The molecule has 0 N–H and O–H groups in total. The minimum Gasteiger partial charge on any atom is -0.330 e. The molecule has 8 nitrogen and oxygen atoms in total. The van der Waals surface area contributed by atoms with E-state index in [9.17, 15) is 85.5 Å². The molecular formula is C25H12F15N5O3. The Hall–Kier alpha value is -4.52. The molecule has 1 aromatic carbocycles. The van der Waals surface area contributed by atoms with Crippen molar-refractivity contribution in [2.75, 3.05) is 11.4 Å². The van der Waals surface area contributed by atoms with E-state index in [1.54, 1.807) is 6.07 Å². The first-order valence-electron chi connectivity index (χ1n) is 12.8. The third-order valence-electron chi connectivity index (χ3n) is 8.24. The summed E-state index contributed by atoms with van der Waals surface area (Å²) in [4.78, 5) is 43.8. The lowest BCUT2D eigenvalue weighted by Gasteiger charge is -2.42. The van der Waals surface area contributed by atoms with Crippen molar-refractivity contribution >= 4 is 34.3 Å². The van der Waals surface area contributed by atoms with Crippen LogP contribution in [-0.2, 0) is 9.59 Å². The maximum absolute atomic E-state index is 14.8. The van der Waals surface area contributed by atoms with E-state index in [4.69, 9.17) is 0 Å². The van der Waals surface area contributed by atoms with Crippen molar-refractivity contribution < 1.29 is 80.2 Å². The van der Waals surface area contributed by atoms with Gasteiger partial charge < -0.3 is 9.80 Å². The number of alkyl halides is 15. The first-order chi connectivity index (χ1) is 21.7. The van der Waals surface area contributed by atoms with Gasteiger partial charge in [0.25, 0.3) is 11.8 Å². The molecule has 48 heavy (non-hydrogen) atoms. The summed E-state index contributed by atoms with van der Waals surface area (Å²) in [5.74, 6) is -53.8. The first-order valence-corrected chi connectivity index (χ1v) is 12.8. The van der Waals surface area contributed by atoms with Crippen LogP contribution in [0.4, 0.5) is 76.3 Å². The molecule has 0 radical (unpaired) electrons. The molecule has 3 fully saturated rings. The van der Waals surface area contributed by atoms with Gasteiger partial charge in [-0.15, -0.1) is 0 Å². The van der Waals surface area contributed by atoms with E-state index in [2.05, 4.69) is 4.98 Å². The van der Waals surface area contributed by atoms with E-state index < -0.39 is 95.5 Å². The lowest BCUT2D eigenvalue weighted by Crippen LogP contribution is -2.74. The van der Waals surface area contributed by atoms with Crippen molar-refractivity contribution in [3.05, 3.63) is 36.2 Å². The predicted molar refractivity (Wildman–Crippen MR) is 125 cm³/mol. The number of nitriles is 1. The highest BCUT2D eigenvalue weighted by molar-refractivity contribution is 6.25. The molecule has 2 bridgehead atoms. The fraction of sp³-hybridized carbons (Fsp3) is 0.480. The quantitative estimate of drug-likeness (QED) is 0.275. The summed E-state index contributed by atoms with van der Waals surface area (Å²) in [6.07, 6.45) is -7.56. The fourth-order valence-electron chi connectivity index (χ4n) is 5.84. The minimum atomic E-state index is -8.57. The number of benzene rings is 1. The zero-order valence-electron chi connectivity index (χ0n) is 22.7. The fourth-order valence-corrected chi connectivity index (χ4v) is 5.84. The zero-order chi connectivity index (χ0) is 36.4. The Morgan fingerprint density at radius 2 is 1.31 bits per heavy atom. The normalized spacial score (nSPS) is 22.5. The van der Waals surface area contributed by atoms with E-state index in [0.29, 0.717) is 9.80 Å². The molecule has 2 aromatic rings. The summed E-state index contributed by atoms with van der Waals surface area (Å²) in [6.45, 7) is -1.25. The molecular weight excluding hydrogens is 703 g/mol. The van der Waals surface area contributed by atoms with Gasteiger partial charge in [-0.2, -0.15) is 71.1 Å². The largest absolute Gasteiger partial charge is 0.460 e. The van der Waals surface area contributed by atoms with Gasteiger partial charge in [-0.1, -0.05) is 24.3 Å². The number of anilines is 1. The van der Waals surface area contributed by atoms with E-state index in [1.165, 1.54) is 24.3 Å². The number of carbonyl (C=O) groups is 3. The van der Waals surface area contributed by atoms with Gasteiger partial charge in [0.1, 0.15) is 17.8 Å². The molecule has 4 amide bonds. The third-order valence-corrected chi connectivity index (χ3v) is 8.24. The molecule has 4 heterocycles. The number of nitrogens with zero attached hydrogens (tertiary/aromatic N) is 5. The monoisotopic (exact) mass is 715 g/mol. The Balaban J connectivity index is 1.47. The van der Waals surface area contributed by atoms with E-state index in [-0.39, 0.29) is 22.2 Å². The molecule has 1 aromatic heterocycles. The van der Waals surface area contributed by atoms with Crippen molar-refractivity contribution in [3.63, 3.8) is 0 Å². The van der Waals surface area contributed by atoms with Gasteiger partial charge >= 0.3 is 47.7 Å². The Bertz CT molecular complexity index is 1770. The van der Waals surface area contributed by atoms with E-state index >= 15 is 0 Å². The second kappa shape index (κ2) is 10.0. The SMILES string of the molecule is N#Cc1ncc(N2C(=O)[C@@H]3[C@@H]4C[C@@H](CN4C(=O)C(F)(F)C(F)(F)C(F)(F)C(F)(F)C(F)(F)C(F)(F)C(F)(F)F)N3C2=O)c2ccccc12. The van der Waals surface area contributed by atoms with Gasteiger partial charge in [0.15, 0.2) is 0 Å². The number of likely N-dealkylation sites (tertiary alicyclic amines) is 1. The number of aromatic nitrogens is 1. The first kappa shape index (κ1) is 34.8. The maximum Gasteiger partial charge on any atom is 0.460 e. The number of piperazine rings is 1. The van der Waals surface area contributed by atoms with Gasteiger partial charge in [0, 0.05) is 17.3 Å². The molecule has 0 unspecified atom stereocenters. The maximum atomic E-state index is 14.8. The number of urea groups is 1. The second-order valence-corrected chi connectivity index (χ2v) is 10.8. The Labute approximate surface area is 255 Å². The molecule has 3 aliphatic rings. The standard InChI is InChI=1S/C25H12F15N5O3/c26-19(27,20(28,29)21(30,31)22(32,33)23(34,35)24(36,37)25(38,39)40)17(47)43-8-9-5-13(43)15-16(46)45(18(48)44(9)15)14-7-42-12(6-41)10-3-1-2-4-11(10)14/h1-4,7,9,13,15H,5,8H2/t9-,13-,15-/m0/s1. The average Bonchev–Trinajstić information content (AvgIpc) is 3.66. The van der Waals surface area contributed by atoms with Crippen molar-refractivity contribution in [1.82, 2.24) is 14.8 Å². The van der Waals surface area contributed by atoms with Gasteiger partial charge in [0.05, 0.1) is 24.0 Å². The Morgan fingerprint density at radius 1 is 0.792 bits per heavy atom. The molecule has 23 heteroatoms. The van der Waals surface area contributed by atoms with Gasteiger partial charge in [0.2, 0.25) is 0 Å². The van der Waals surface area contributed by atoms with E-state index in [1.807, 2.05) is 0 Å².